The van der Waals surface area contributed by atoms with E-state index >= 15 is 0 Å². The summed E-state index contributed by atoms with van der Waals surface area (Å²) in [5.74, 6) is -0.0172. The van der Waals surface area contributed by atoms with E-state index in [1.807, 2.05) is 6.07 Å². The topological polar surface area (TPSA) is 111 Å². The average Bonchev–Trinajstić information content (AvgIpc) is 3.12. The van der Waals surface area contributed by atoms with Gasteiger partial charge < -0.3 is 24.6 Å². The number of hydrogen-bond acceptors (Lipinski definition) is 8. The molecule has 2 N–H and O–H groups in total. The Hall–Kier alpha value is -2.30. The third-order valence-electron chi connectivity index (χ3n) is 3.76. The van der Waals surface area contributed by atoms with Gasteiger partial charge in [0.1, 0.15) is 5.75 Å². The molecular formula is C18H23NO7S2. The van der Waals surface area contributed by atoms with Crippen molar-refractivity contribution in [2.24, 2.45) is 0 Å². The summed E-state index contributed by atoms with van der Waals surface area (Å²) in [5.41, 5.74) is 0.795. The predicted octanol–water partition coefficient (Wildman–Crippen LogP) is 1.46. The first-order valence-corrected chi connectivity index (χ1v) is 10.9. The summed E-state index contributed by atoms with van der Waals surface area (Å²) >= 11 is 1.31. The van der Waals surface area contributed by atoms with Crippen LogP contribution in [0.4, 0.5) is 0 Å². The van der Waals surface area contributed by atoms with Crippen LogP contribution in [0.3, 0.4) is 0 Å². The molecule has 0 saturated carbocycles. The van der Waals surface area contributed by atoms with Gasteiger partial charge in [0.2, 0.25) is 11.7 Å². The number of aliphatic hydroxyl groups excluding tert-OH is 1. The van der Waals surface area contributed by atoms with E-state index in [2.05, 4.69) is 5.32 Å². The summed E-state index contributed by atoms with van der Waals surface area (Å²) < 4.78 is 40.5. The third-order valence-corrected chi connectivity index (χ3v) is 6.53. The van der Waals surface area contributed by atoms with E-state index < -0.39 is 21.5 Å². The maximum absolute atomic E-state index is 12.2. The van der Waals surface area contributed by atoms with Crippen LogP contribution in [-0.2, 0) is 20.4 Å². The molecule has 1 heterocycles. The zero-order chi connectivity index (χ0) is 20.7. The Bertz CT molecular complexity index is 897. The van der Waals surface area contributed by atoms with Crippen molar-refractivity contribution < 1.29 is 32.5 Å². The normalized spacial score (nSPS) is 11.1. The number of carbonyl (C=O) groups is 1. The number of ether oxygens (including phenoxy) is 3. The minimum atomic E-state index is -3.62. The van der Waals surface area contributed by atoms with Gasteiger partial charge in [0.15, 0.2) is 21.3 Å². The molecular weight excluding hydrogens is 406 g/mol. The largest absolute Gasteiger partial charge is 0.493 e. The smallest absolute Gasteiger partial charge is 0.235 e. The molecule has 1 aromatic heterocycles. The van der Waals surface area contributed by atoms with Crippen molar-refractivity contribution in [3.8, 4) is 27.7 Å². The first-order chi connectivity index (χ1) is 13.3. The predicted molar refractivity (Wildman–Crippen MR) is 107 cm³/mol. The van der Waals surface area contributed by atoms with E-state index in [4.69, 9.17) is 19.3 Å². The van der Waals surface area contributed by atoms with Crippen LogP contribution in [-0.4, -0.2) is 59.7 Å². The number of methoxy groups -OCH3 is 3. The second-order valence-electron chi connectivity index (χ2n) is 5.79. The fraction of sp³-hybridized carbons (Fsp3) is 0.389. The zero-order valence-corrected chi connectivity index (χ0v) is 17.5. The molecule has 28 heavy (non-hydrogen) atoms. The molecule has 0 saturated heterocycles. The van der Waals surface area contributed by atoms with E-state index in [-0.39, 0.29) is 18.9 Å². The van der Waals surface area contributed by atoms with Gasteiger partial charge in [0, 0.05) is 16.3 Å². The lowest BCUT2D eigenvalue weighted by atomic mass is 10.1. The lowest BCUT2D eigenvalue weighted by Gasteiger charge is -2.13. The molecule has 0 spiro atoms. The van der Waals surface area contributed by atoms with E-state index in [1.54, 1.807) is 18.2 Å². The lowest BCUT2D eigenvalue weighted by molar-refractivity contribution is -0.118. The maximum atomic E-state index is 12.2. The Morgan fingerprint density at radius 2 is 1.75 bits per heavy atom. The van der Waals surface area contributed by atoms with Crippen LogP contribution < -0.4 is 19.5 Å². The summed E-state index contributed by atoms with van der Waals surface area (Å²) in [5, 5.41) is 11.0. The number of rotatable bonds is 10. The Balaban J connectivity index is 2.21. The van der Waals surface area contributed by atoms with E-state index in [1.165, 1.54) is 32.7 Å². The van der Waals surface area contributed by atoms with Gasteiger partial charge in [-0.05, 0) is 29.8 Å². The standard InChI is InChI=1S/C18H23NO7S2/c1-24-14-8-12(9-15(25-2)18(14)26-3)16-5-4-13(27-16)10-28(22,23)11-17(21)19-6-7-20/h4-5,8-9,20H,6-7,10-11H2,1-3H3,(H,19,21). The highest BCUT2D eigenvalue weighted by molar-refractivity contribution is 7.91. The highest BCUT2D eigenvalue weighted by Crippen LogP contribution is 2.42. The van der Waals surface area contributed by atoms with Crippen LogP contribution in [0.25, 0.3) is 10.4 Å². The van der Waals surface area contributed by atoms with Gasteiger partial charge in [0.05, 0.1) is 33.7 Å². The number of carbonyl (C=O) groups excluding carboxylic acids is 1. The molecule has 0 bridgehead atoms. The molecule has 0 aliphatic rings. The number of hydrogen-bond donors (Lipinski definition) is 2. The monoisotopic (exact) mass is 429 g/mol. The van der Waals surface area contributed by atoms with Crippen LogP contribution in [0.15, 0.2) is 24.3 Å². The molecule has 1 aromatic carbocycles. The maximum Gasteiger partial charge on any atom is 0.235 e. The fourth-order valence-corrected chi connectivity index (χ4v) is 5.25. The van der Waals surface area contributed by atoms with Gasteiger partial charge in [0.25, 0.3) is 0 Å². The van der Waals surface area contributed by atoms with Gasteiger partial charge in [-0.1, -0.05) is 0 Å². The quantitative estimate of drug-likeness (QED) is 0.588. The number of sulfone groups is 1. The van der Waals surface area contributed by atoms with Crippen molar-refractivity contribution in [1.82, 2.24) is 5.32 Å². The van der Waals surface area contributed by atoms with Gasteiger partial charge in [-0.3, -0.25) is 4.79 Å². The van der Waals surface area contributed by atoms with Gasteiger partial charge >= 0.3 is 0 Å². The van der Waals surface area contributed by atoms with E-state index in [9.17, 15) is 13.2 Å². The van der Waals surface area contributed by atoms with Gasteiger partial charge in [-0.15, -0.1) is 11.3 Å². The summed E-state index contributed by atoms with van der Waals surface area (Å²) in [7, 11) is 0.943. The number of thiophene rings is 1. The second kappa shape index (κ2) is 9.76. The van der Waals surface area contributed by atoms with Gasteiger partial charge in [-0.2, -0.15) is 0 Å². The SMILES string of the molecule is COc1cc(-c2ccc(CS(=O)(=O)CC(=O)NCCO)s2)cc(OC)c1OC. The Kier molecular flexibility index (Phi) is 7.67. The molecule has 0 fully saturated rings. The van der Waals surface area contributed by atoms with Crippen molar-refractivity contribution in [2.45, 2.75) is 5.75 Å². The first-order valence-electron chi connectivity index (χ1n) is 8.30. The zero-order valence-electron chi connectivity index (χ0n) is 15.9. The number of nitrogens with one attached hydrogen (secondary N) is 1. The van der Waals surface area contributed by atoms with Crippen molar-refractivity contribution in [3.05, 3.63) is 29.1 Å². The summed E-state index contributed by atoms with van der Waals surface area (Å²) in [6.07, 6.45) is 0. The molecule has 2 aromatic rings. The lowest BCUT2D eigenvalue weighted by Crippen LogP contribution is -2.32. The molecule has 10 heteroatoms. The highest BCUT2D eigenvalue weighted by atomic mass is 32.2. The summed E-state index contributed by atoms with van der Waals surface area (Å²) in [6, 6.07) is 7.09. The Morgan fingerprint density at radius 3 is 2.29 bits per heavy atom. The van der Waals surface area contributed by atoms with Crippen LogP contribution in [0, 0.1) is 0 Å². The van der Waals surface area contributed by atoms with Crippen molar-refractivity contribution >= 4 is 27.1 Å². The average molecular weight is 430 g/mol. The Morgan fingerprint density at radius 1 is 1.11 bits per heavy atom. The van der Waals surface area contributed by atoms with E-state index in [0.29, 0.717) is 22.1 Å². The van der Waals surface area contributed by atoms with Crippen molar-refractivity contribution in [1.29, 1.82) is 0 Å². The van der Waals surface area contributed by atoms with Crippen molar-refractivity contribution in [3.63, 3.8) is 0 Å². The third kappa shape index (κ3) is 5.60. The van der Waals surface area contributed by atoms with E-state index in [0.717, 1.165) is 10.4 Å². The molecule has 0 atom stereocenters. The summed E-state index contributed by atoms with van der Waals surface area (Å²) in [6.45, 7) is -0.215. The minimum Gasteiger partial charge on any atom is -0.493 e. The Labute approximate surface area is 168 Å². The molecule has 2 rings (SSSR count). The second-order valence-corrected chi connectivity index (χ2v) is 9.02. The highest BCUT2D eigenvalue weighted by Gasteiger charge is 2.20. The molecule has 0 aliphatic heterocycles. The molecule has 1 amide bonds. The fourth-order valence-electron chi connectivity index (χ4n) is 2.55. The van der Waals surface area contributed by atoms with Gasteiger partial charge in [-0.25, -0.2) is 8.42 Å². The molecule has 154 valence electrons. The van der Waals surface area contributed by atoms with Crippen molar-refractivity contribution in [2.75, 3.05) is 40.2 Å². The first kappa shape index (κ1) is 22.0. The van der Waals surface area contributed by atoms with Crippen LogP contribution in [0.2, 0.25) is 0 Å². The molecule has 0 aliphatic carbocycles. The van der Waals surface area contributed by atoms with Crippen LogP contribution >= 0.6 is 11.3 Å². The van der Waals surface area contributed by atoms with Crippen LogP contribution in [0.5, 0.6) is 17.2 Å². The minimum absolute atomic E-state index is 0.0264. The molecule has 0 unspecified atom stereocenters. The van der Waals surface area contributed by atoms with Crippen LogP contribution in [0.1, 0.15) is 4.88 Å². The number of amides is 1. The summed E-state index contributed by atoms with van der Waals surface area (Å²) in [4.78, 5) is 13.0. The number of benzene rings is 1. The molecule has 8 nitrogen and oxygen atoms in total. The number of aliphatic hydroxyl groups is 1. The molecule has 0 radical (unpaired) electrons.